The maximum absolute atomic E-state index is 7.54. The first-order valence-electron chi connectivity index (χ1n) is 12.3. The van der Waals surface area contributed by atoms with Crippen molar-refractivity contribution in [2.24, 2.45) is 51.9 Å². The van der Waals surface area contributed by atoms with E-state index in [1.807, 2.05) is 0 Å². The van der Waals surface area contributed by atoms with Gasteiger partial charge < -0.3 is 11.5 Å². The van der Waals surface area contributed by atoms with Crippen LogP contribution in [0, 0.1) is 40.4 Å². The summed E-state index contributed by atoms with van der Waals surface area (Å²) in [5, 5.41) is 0. The fourth-order valence-corrected chi connectivity index (χ4v) is 9.02. The first kappa shape index (κ1) is 20.9. The fraction of sp³-hybridized carbons (Fsp3) is 0.923. The van der Waals surface area contributed by atoms with Crippen LogP contribution in [-0.2, 0) is 0 Å². The molecule has 4 fully saturated rings. The first-order chi connectivity index (χ1) is 13.1. The van der Waals surface area contributed by atoms with Crippen LogP contribution in [0.2, 0.25) is 0 Å². The summed E-state index contributed by atoms with van der Waals surface area (Å²) in [5.41, 5.74) is 16.1. The second-order valence-corrected chi connectivity index (χ2v) is 12.2. The van der Waals surface area contributed by atoms with E-state index in [1.165, 1.54) is 76.2 Å². The van der Waals surface area contributed by atoms with Crippen molar-refractivity contribution in [1.29, 1.82) is 0 Å². The molecule has 0 aromatic carbocycles. The van der Waals surface area contributed by atoms with Gasteiger partial charge in [0.1, 0.15) is 0 Å². The van der Waals surface area contributed by atoms with Crippen LogP contribution in [0.4, 0.5) is 0 Å². The molecule has 0 heterocycles. The molecule has 4 rings (SSSR count). The second-order valence-electron chi connectivity index (χ2n) is 12.2. The number of hydrogen-bond donors (Lipinski definition) is 2. The molecule has 0 bridgehead atoms. The third kappa shape index (κ3) is 2.96. The Kier molecular flexibility index (Phi) is 5.32. The van der Waals surface area contributed by atoms with Crippen molar-refractivity contribution in [3.8, 4) is 0 Å². The van der Waals surface area contributed by atoms with Gasteiger partial charge in [-0.05, 0) is 118 Å². The van der Waals surface area contributed by atoms with Crippen molar-refractivity contribution in [1.82, 2.24) is 0 Å². The molecule has 0 saturated heterocycles. The third-order valence-electron chi connectivity index (χ3n) is 10.7. The van der Waals surface area contributed by atoms with E-state index in [0.717, 1.165) is 23.7 Å². The molecule has 2 heteroatoms. The Morgan fingerprint density at radius 1 is 1.07 bits per heavy atom. The molecule has 4 aliphatic rings. The lowest BCUT2D eigenvalue weighted by molar-refractivity contribution is -0.153. The third-order valence-corrected chi connectivity index (χ3v) is 10.7. The van der Waals surface area contributed by atoms with Gasteiger partial charge in [-0.15, -0.1) is 6.58 Å². The zero-order valence-corrected chi connectivity index (χ0v) is 19.1. The average Bonchev–Trinajstić information content (AvgIpc) is 2.94. The summed E-state index contributed by atoms with van der Waals surface area (Å²) in [5.74, 6) is 3.95. The molecule has 0 unspecified atom stereocenters. The molecule has 0 amide bonds. The van der Waals surface area contributed by atoms with Gasteiger partial charge in [0.2, 0.25) is 0 Å². The highest BCUT2D eigenvalue weighted by atomic mass is 14.9. The predicted octanol–water partition coefficient (Wildman–Crippen LogP) is 6.05. The Hall–Kier alpha value is -0.340. The van der Waals surface area contributed by atoms with Gasteiger partial charge in [0.15, 0.2) is 0 Å². The number of nitrogens with two attached hydrogens (primary N) is 2. The van der Waals surface area contributed by atoms with Gasteiger partial charge in [-0.2, -0.15) is 0 Å². The fourth-order valence-electron chi connectivity index (χ4n) is 9.02. The van der Waals surface area contributed by atoms with Crippen molar-refractivity contribution < 1.29 is 0 Å². The molecule has 4 saturated carbocycles. The summed E-state index contributed by atoms with van der Waals surface area (Å²) in [7, 11) is 0. The normalized spacial score (nSPS) is 53.2. The molecule has 0 aromatic heterocycles. The standard InChI is InChI=1S/C26H46N2/c1-17(2)7-6-8-19-9-10-22-23-18(3)15-20-16-21(27)11-12-25(20,5)26(23,28)14-13-24(19,22)4/h18-23H,1,6-16,27-28H2,2-5H3/t18-,19-,20+,21+,22-,23-,24+,25-,26+/m0/s1. The molecular formula is C26H46N2. The molecule has 0 aromatic rings. The van der Waals surface area contributed by atoms with Crippen molar-refractivity contribution in [2.45, 2.75) is 110 Å². The Labute approximate surface area is 174 Å². The number of allylic oxidation sites excluding steroid dienone is 1. The summed E-state index contributed by atoms with van der Waals surface area (Å²) in [6, 6.07) is 0.406. The van der Waals surface area contributed by atoms with Crippen LogP contribution in [-0.4, -0.2) is 11.6 Å². The van der Waals surface area contributed by atoms with E-state index in [-0.39, 0.29) is 5.54 Å². The monoisotopic (exact) mass is 386 g/mol. The summed E-state index contributed by atoms with van der Waals surface area (Å²) < 4.78 is 0. The largest absolute Gasteiger partial charge is 0.328 e. The summed E-state index contributed by atoms with van der Waals surface area (Å²) in [4.78, 5) is 0. The molecule has 0 radical (unpaired) electrons. The van der Waals surface area contributed by atoms with Crippen LogP contribution < -0.4 is 11.5 Å². The maximum atomic E-state index is 7.54. The van der Waals surface area contributed by atoms with Crippen LogP contribution in [0.1, 0.15) is 98.3 Å². The molecule has 0 aliphatic heterocycles. The summed E-state index contributed by atoms with van der Waals surface area (Å²) in [6.07, 6.45) is 14.4. The minimum absolute atomic E-state index is 0.0340. The van der Waals surface area contributed by atoms with E-state index >= 15 is 0 Å². The Morgan fingerprint density at radius 2 is 1.82 bits per heavy atom. The Balaban J connectivity index is 1.58. The Bertz CT molecular complexity index is 614. The van der Waals surface area contributed by atoms with Crippen LogP contribution in [0.15, 0.2) is 12.2 Å². The van der Waals surface area contributed by atoms with E-state index in [9.17, 15) is 0 Å². The van der Waals surface area contributed by atoms with Crippen molar-refractivity contribution in [2.75, 3.05) is 0 Å². The van der Waals surface area contributed by atoms with Crippen molar-refractivity contribution in [3.05, 3.63) is 12.2 Å². The van der Waals surface area contributed by atoms with Gasteiger partial charge in [-0.3, -0.25) is 0 Å². The van der Waals surface area contributed by atoms with Crippen molar-refractivity contribution >= 4 is 0 Å². The number of fused-ring (bicyclic) bond motifs is 5. The minimum Gasteiger partial charge on any atom is -0.328 e. The Morgan fingerprint density at radius 3 is 2.54 bits per heavy atom. The maximum Gasteiger partial charge on any atom is 0.0245 e. The lowest BCUT2D eigenvalue weighted by Gasteiger charge is -2.68. The zero-order chi connectivity index (χ0) is 20.3. The van der Waals surface area contributed by atoms with E-state index in [2.05, 4.69) is 34.3 Å². The summed E-state index contributed by atoms with van der Waals surface area (Å²) >= 11 is 0. The van der Waals surface area contributed by atoms with Gasteiger partial charge in [0, 0.05) is 11.6 Å². The highest BCUT2D eigenvalue weighted by Crippen LogP contribution is 2.69. The molecule has 28 heavy (non-hydrogen) atoms. The van der Waals surface area contributed by atoms with E-state index < -0.39 is 0 Å². The molecule has 0 spiro atoms. The minimum atomic E-state index is 0.0340. The van der Waals surface area contributed by atoms with Crippen molar-refractivity contribution in [3.63, 3.8) is 0 Å². The van der Waals surface area contributed by atoms with E-state index in [1.54, 1.807) is 0 Å². The van der Waals surface area contributed by atoms with Gasteiger partial charge >= 0.3 is 0 Å². The highest BCUT2D eigenvalue weighted by Gasteiger charge is 2.67. The molecule has 9 atom stereocenters. The van der Waals surface area contributed by atoms with Gasteiger partial charge in [0.05, 0.1) is 0 Å². The van der Waals surface area contributed by atoms with Crippen LogP contribution in [0.3, 0.4) is 0 Å². The quantitative estimate of drug-likeness (QED) is 0.578. The topological polar surface area (TPSA) is 52.0 Å². The van der Waals surface area contributed by atoms with E-state index in [0.29, 0.717) is 22.8 Å². The lowest BCUT2D eigenvalue weighted by atomic mass is 9.39. The van der Waals surface area contributed by atoms with Crippen LogP contribution in [0.5, 0.6) is 0 Å². The molecule has 160 valence electrons. The molecule has 4 aliphatic carbocycles. The summed E-state index contributed by atoms with van der Waals surface area (Å²) in [6.45, 7) is 14.0. The van der Waals surface area contributed by atoms with Crippen LogP contribution >= 0.6 is 0 Å². The van der Waals surface area contributed by atoms with E-state index in [4.69, 9.17) is 11.5 Å². The first-order valence-corrected chi connectivity index (χ1v) is 12.3. The molecular weight excluding hydrogens is 340 g/mol. The van der Waals surface area contributed by atoms with Crippen LogP contribution in [0.25, 0.3) is 0 Å². The van der Waals surface area contributed by atoms with Gasteiger partial charge in [0.25, 0.3) is 0 Å². The average molecular weight is 387 g/mol. The predicted molar refractivity (Wildman–Crippen MR) is 120 cm³/mol. The zero-order valence-electron chi connectivity index (χ0n) is 19.1. The SMILES string of the molecule is C=C(C)CCC[C@H]1CC[C@H]2[C@@H]3[C@@H](C)C[C@@H]4C[C@H](N)CC[C@]4(C)[C@@]3(N)CC[C@]12C. The highest BCUT2D eigenvalue weighted by molar-refractivity contribution is 5.20. The van der Waals surface area contributed by atoms with Gasteiger partial charge in [-0.1, -0.05) is 26.3 Å². The van der Waals surface area contributed by atoms with Gasteiger partial charge in [-0.25, -0.2) is 0 Å². The lowest BCUT2D eigenvalue weighted by Crippen LogP contribution is -2.72. The molecule has 2 nitrogen and oxygen atoms in total. The molecule has 4 N–H and O–H groups in total. The number of rotatable bonds is 4. The second kappa shape index (κ2) is 7.12. The number of hydrogen-bond acceptors (Lipinski definition) is 2. The smallest absolute Gasteiger partial charge is 0.0245 e.